The van der Waals surface area contributed by atoms with Gasteiger partial charge in [-0.15, -0.1) is 0 Å². The average molecular weight is 640 g/mol. The molecule has 6 aromatic carbocycles. The Kier molecular flexibility index (Phi) is 6.42. The van der Waals surface area contributed by atoms with Crippen molar-refractivity contribution in [3.63, 3.8) is 0 Å². The summed E-state index contributed by atoms with van der Waals surface area (Å²) in [4.78, 5) is 15.1. The molecule has 4 heterocycles. The largest absolute Gasteiger partial charge is 0.309 e. The van der Waals surface area contributed by atoms with Gasteiger partial charge in [-0.1, -0.05) is 115 Å². The van der Waals surface area contributed by atoms with Crippen molar-refractivity contribution in [1.29, 1.82) is 0 Å². The van der Waals surface area contributed by atoms with Crippen molar-refractivity contribution in [3.8, 4) is 45.3 Å². The number of hydrogen-bond acceptors (Lipinski definition) is 3. The molecule has 0 atom stereocenters. The molecule has 5 heteroatoms. The Balaban J connectivity index is 1.22. The van der Waals surface area contributed by atoms with Crippen LogP contribution in [0.2, 0.25) is 0 Å². The van der Waals surface area contributed by atoms with Gasteiger partial charge in [0.15, 0.2) is 5.82 Å². The van der Waals surface area contributed by atoms with Gasteiger partial charge in [0.25, 0.3) is 0 Å². The molecular weight excluding hydrogens is 611 g/mol. The zero-order valence-electron chi connectivity index (χ0n) is 27.0. The Morgan fingerprint density at radius 3 is 1.92 bits per heavy atom. The summed E-state index contributed by atoms with van der Waals surface area (Å²) in [5.74, 6) is 1.45. The van der Waals surface area contributed by atoms with Gasteiger partial charge in [-0.25, -0.2) is 15.0 Å². The summed E-state index contributed by atoms with van der Waals surface area (Å²) >= 11 is 0. The van der Waals surface area contributed by atoms with Crippen LogP contribution in [0.1, 0.15) is 0 Å². The standard InChI is InChI=1S/C45H29N5/c1-4-14-30(15-5-1)38-29-42(48-44(47-38)31-16-6-2-7-17-31)50-40-26-25-32(28-37(40)35-22-13-27-46-45(35)50)34-21-12-24-41-43(34)36-20-10-11-23-39(36)49(41)33-18-8-3-9-19-33/h1-29H. The number of hydrogen-bond donors (Lipinski definition) is 0. The van der Waals surface area contributed by atoms with Gasteiger partial charge >= 0.3 is 0 Å². The first-order valence-electron chi connectivity index (χ1n) is 16.8. The Morgan fingerprint density at radius 2 is 1.10 bits per heavy atom. The van der Waals surface area contributed by atoms with Crippen LogP contribution in [0.25, 0.3) is 89.0 Å². The van der Waals surface area contributed by atoms with Gasteiger partial charge in [0.2, 0.25) is 0 Å². The van der Waals surface area contributed by atoms with E-state index in [-0.39, 0.29) is 0 Å². The molecule has 0 aliphatic heterocycles. The first-order valence-corrected chi connectivity index (χ1v) is 16.8. The summed E-state index contributed by atoms with van der Waals surface area (Å²) in [5.41, 5.74) is 10.6. The van der Waals surface area contributed by atoms with Crippen LogP contribution >= 0.6 is 0 Å². The third kappa shape index (κ3) is 4.45. The number of aromatic nitrogens is 5. The molecule has 0 N–H and O–H groups in total. The normalized spacial score (nSPS) is 11.6. The Hall–Kier alpha value is -6.85. The fourth-order valence-corrected chi connectivity index (χ4v) is 7.38. The van der Waals surface area contributed by atoms with Crippen molar-refractivity contribution in [2.45, 2.75) is 0 Å². The van der Waals surface area contributed by atoms with E-state index in [0.717, 1.165) is 55.8 Å². The molecule has 0 aliphatic rings. The number of benzene rings is 6. The minimum absolute atomic E-state index is 0.672. The molecule has 50 heavy (non-hydrogen) atoms. The van der Waals surface area contributed by atoms with E-state index in [1.54, 1.807) is 0 Å². The van der Waals surface area contributed by atoms with Gasteiger partial charge in [0.05, 0.1) is 22.2 Å². The lowest BCUT2D eigenvalue weighted by Crippen LogP contribution is -2.03. The number of nitrogens with zero attached hydrogens (tertiary/aromatic N) is 5. The summed E-state index contributed by atoms with van der Waals surface area (Å²) in [6, 6.07) is 59.4. The predicted molar refractivity (Wildman–Crippen MR) is 205 cm³/mol. The highest BCUT2D eigenvalue weighted by atomic mass is 15.1. The van der Waals surface area contributed by atoms with Crippen LogP contribution < -0.4 is 0 Å². The Labute approximate surface area is 288 Å². The van der Waals surface area contributed by atoms with Crippen LogP contribution in [-0.4, -0.2) is 24.1 Å². The van der Waals surface area contributed by atoms with Crippen LogP contribution in [0.4, 0.5) is 0 Å². The third-order valence-corrected chi connectivity index (χ3v) is 9.59. The predicted octanol–water partition coefficient (Wildman–Crippen LogP) is 11.1. The summed E-state index contributed by atoms with van der Waals surface area (Å²) in [6.45, 7) is 0. The van der Waals surface area contributed by atoms with Gasteiger partial charge in [-0.3, -0.25) is 4.57 Å². The maximum atomic E-state index is 5.17. The van der Waals surface area contributed by atoms with E-state index in [1.165, 1.54) is 27.4 Å². The molecule has 10 aromatic rings. The first-order chi connectivity index (χ1) is 24.8. The van der Waals surface area contributed by atoms with Gasteiger partial charge < -0.3 is 4.57 Å². The van der Waals surface area contributed by atoms with Crippen molar-refractivity contribution in [1.82, 2.24) is 24.1 Å². The molecular formula is C45H29N5. The number of rotatable bonds is 5. The smallest absolute Gasteiger partial charge is 0.162 e. The van der Waals surface area contributed by atoms with Crippen molar-refractivity contribution >= 4 is 43.7 Å². The number of para-hydroxylation sites is 2. The fourth-order valence-electron chi connectivity index (χ4n) is 7.38. The van der Waals surface area contributed by atoms with Gasteiger partial charge in [-0.2, -0.15) is 0 Å². The maximum Gasteiger partial charge on any atom is 0.162 e. The molecule has 0 amide bonds. The molecule has 4 aromatic heterocycles. The highest BCUT2D eigenvalue weighted by Crippen LogP contribution is 2.41. The highest BCUT2D eigenvalue weighted by Gasteiger charge is 2.20. The number of pyridine rings is 1. The maximum absolute atomic E-state index is 5.17. The molecule has 0 saturated carbocycles. The van der Waals surface area contributed by atoms with Crippen molar-refractivity contribution in [3.05, 3.63) is 176 Å². The summed E-state index contributed by atoms with van der Waals surface area (Å²) in [5, 5.41) is 4.66. The second kappa shape index (κ2) is 11.4. The molecule has 0 radical (unpaired) electrons. The van der Waals surface area contributed by atoms with E-state index in [9.17, 15) is 0 Å². The SMILES string of the molecule is c1ccc(-c2cc(-n3c4ccc(-c5cccc6c5c5ccccc5n6-c5ccccc5)cc4c4cccnc43)nc(-c3ccccc3)n2)cc1. The first kappa shape index (κ1) is 28.2. The van der Waals surface area contributed by atoms with E-state index >= 15 is 0 Å². The van der Waals surface area contributed by atoms with Crippen molar-refractivity contribution in [2.24, 2.45) is 0 Å². The fraction of sp³-hybridized carbons (Fsp3) is 0. The Morgan fingerprint density at radius 1 is 0.420 bits per heavy atom. The summed E-state index contributed by atoms with van der Waals surface area (Å²) < 4.78 is 4.54. The quantitative estimate of drug-likeness (QED) is 0.188. The molecule has 5 nitrogen and oxygen atoms in total. The van der Waals surface area contributed by atoms with Gasteiger partial charge in [-0.05, 0) is 59.7 Å². The zero-order valence-corrected chi connectivity index (χ0v) is 27.0. The monoisotopic (exact) mass is 639 g/mol. The van der Waals surface area contributed by atoms with Crippen LogP contribution in [0.3, 0.4) is 0 Å². The summed E-state index contributed by atoms with van der Waals surface area (Å²) in [6.07, 6.45) is 1.86. The van der Waals surface area contributed by atoms with Crippen LogP contribution in [0.5, 0.6) is 0 Å². The van der Waals surface area contributed by atoms with E-state index in [4.69, 9.17) is 15.0 Å². The molecule has 234 valence electrons. The van der Waals surface area contributed by atoms with Gasteiger partial charge in [0, 0.05) is 50.6 Å². The molecule has 0 bridgehead atoms. The van der Waals surface area contributed by atoms with Crippen molar-refractivity contribution in [2.75, 3.05) is 0 Å². The van der Waals surface area contributed by atoms with Crippen LogP contribution in [0, 0.1) is 0 Å². The number of fused-ring (bicyclic) bond motifs is 6. The lowest BCUT2D eigenvalue weighted by atomic mass is 9.98. The molecule has 0 saturated heterocycles. The third-order valence-electron chi connectivity index (χ3n) is 9.59. The molecule has 0 unspecified atom stereocenters. The highest BCUT2D eigenvalue weighted by molar-refractivity contribution is 6.17. The van der Waals surface area contributed by atoms with Crippen molar-refractivity contribution < 1.29 is 0 Å². The van der Waals surface area contributed by atoms with E-state index in [2.05, 4.69) is 137 Å². The van der Waals surface area contributed by atoms with Crippen LogP contribution in [0.15, 0.2) is 176 Å². The minimum Gasteiger partial charge on any atom is -0.309 e. The van der Waals surface area contributed by atoms with E-state index in [1.807, 2.05) is 48.7 Å². The molecule has 0 spiro atoms. The molecule has 0 aliphatic carbocycles. The zero-order chi connectivity index (χ0) is 33.0. The molecule has 0 fully saturated rings. The van der Waals surface area contributed by atoms with Crippen LogP contribution in [-0.2, 0) is 0 Å². The van der Waals surface area contributed by atoms with E-state index in [0.29, 0.717) is 5.82 Å². The summed E-state index contributed by atoms with van der Waals surface area (Å²) in [7, 11) is 0. The lowest BCUT2D eigenvalue weighted by molar-refractivity contribution is 1.03. The van der Waals surface area contributed by atoms with E-state index < -0.39 is 0 Å². The second-order valence-electron chi connectivity index (χ2n) is 12.5. The lowest BCUT2D eigenvalue weighted by Gasteiger charge is -2.12. The average Bonchev–Trinajstić information content (AvgIpc) is 3.71. The Bertz CT molecular complexity index is 2800. The minimum atomic E-state index is 0.672. The topological polar surface area (TPSA) is 48.5 Å². The molecule has 10 rings (SSSR count). The second-order valence-corrected chi connectivity index (χ2v) is 12.5. The van der Waals surface area contributed by atoms with Gasteiger partial charge in [0.1, 0.15) is 11.5 Å².